The number of ether oxygens (including phenoxy) is 2. The molecule has 1 saturated heterocycles. The van der Waals surface area contributed by atoms with Gasteiger partial charge < -0.3 is 9.47 Å². The minimum atomic E-state index is -0.421. The zero-order valence-corrected chi connectivity index (χ0v) is 13.9. The van der Waals surface area contributed by atoms with Gasteiger partial charge >= 0.3 is 0 Å². The molecule has 120 valence electrons. The van der Waals surface area contributed by atoms with Crippen LogP contribution in [-0.2, 0) is 9.47 Å². The third kappa shape index (κ3) is 3.84. The number of allylic oxidation sites excluding steroid dienone is 2. The molecule has 0 radical (unpaired) electrons. The molecule has 3 rings (SSSR count). The topological polar surface area (TPSA) is 18.5 Å². The summed E-state index contributed by atoms with van der Waals surface area (Å²) in [6, 6.07) is 18.0. The van der Waals surface area contributed by atoms with Gasteiger partial charge in [0.1, 0.15) is 0 Å². The van der Waals surface area contributed by atoms with E-state index in [9.17, 15) is 0 Å². The Morgan fingerprint density at radius 1 is 1.09 bits per heavy atom. The van der Waals surface area contributed by atoms with Crippen LogP contribution in [0.3, 0.4) is 0 Å². The standard InChI is InChI=1S/C20H21ClO2/c1-2-3-9-16-14-22-20(17-12-7-8-13-18(17)21)23-19(16)15-10-5-4-6-11-15/h2-8,10-13,16,19-20H,9,14H2,1H3/b3-2+. The second-order valence-corrected chi connectivity index (χ2v) is 6.13. The number of rotatable bonds is 4. The molecule has 3 atom stereocenters. The molecule has 1 heterocycles. The summed E-state index contributed by atoms with van der Waals surface area (Å²) in [5, 5.41) is 0.677. The lowest BCUT2D eigenvalue weighted by Crippen LogP contribution is -2.30. The number of benzene rings is 2. The van der Waals surface area contributed by atoms with Gasteiger partial charge in [-0.15, -0.1) is 0 Å². The van der Waals surface area contributed by atoms with E-state index < -0.39 is 6.29 Å². The maximum absolute atomic E-state index is 6.31. The zero-order chi connectivity index (χ0) is 16.1. The molecule has 1 aliphatic heterocycles. The van der Waals surface area contributed by atoms with Crippen molar-refractivity contribution < 1.29 is 9.47 Å². The summed E-state index contributed by atoms with van der Waals surface area (Å²) >= 11 is 6.30. The summed E-state index contributed by atoms with van der Waals surface area (Å²) in [7, 11) is 0. The molecule has 2 nitrogen and oxygen atoms in total. The van der Waals surface area contributed by atoms with Crippen LogP contribution >= 0.6 is 11.6 Å². The van der Waals surface area contributed by atoms with Crippen LogP contribution in [0.5, 0.6) is 0 Å². The highest BCUT2D eigenvalue weighted by Crippen LogP contribution is 2.41. The summed E-state index contributed by atoms with van der Waals surface area (Å²) in [6.07, 6.45) is 4.76. The van der Waals surface area contributed by atoms with Crippen molar-refractivity contribution in [2.75, 3.05) is 6.61 Å². The molecule has 2 aromatic rings. The Bertz CT molecular complexity index is 654. The van der Waals surface area contributed by atoms with Gasteiger partial charge in [0.2, 0.25) is 0 Å². The Labute approximate surface area is 142 Å². The number of halogens is 1. The van der Waals surface area contributed by atoms with Crippen LogP contribution in [0.4, 0.5) is 0 Å². The average Bonchev–Trinajstić information content (AvgIpc) is 2.61. The van der Waals surface area contributed by atoms with E-state index in [0.717, 1.165) is 12.0 Å². The fourth-order valence-corrected chi connectivity index (χ4v) is 3.13. The van der Waals surface area contributed by atoms with Crippen molar-refractivity contribution in [3.05, 3.63) is 82.9 Å². The molecule has 3 unspecified atom stereocenters. The summed E-state index contributed by atoms with van der Waals surface area (Å²) in [6.45, 7) is 2.69. The molecule has 0 saturated carbocycles. The van der Waals surface area contributed by atoms with Gasteiger partial charge in [-0.1, -0.05) is 72.3 Å². The normalized spacial score (nSPS) is 24.9. The fraction of sp³-hybridized carbons (Fsp3) is 0.300. The Kier molecular flexibility index (Phi) is 5.50. The van der Waals surface area contributed by atoms with E-state index in [2.05, 4.69) is 24.3 Å². The summed E-state index contributed by atoms with van der Waals surface area (Å²) in [5.41, 5.74) is 2.07. The lowest BCUT2D eigenvalue weighted by Gasteiger charge is -2.37. The SMILES string of the molecule is C/C=C/CC1COC(c2ccccc2Cl)OC1c1ccccc1. The largest absolute Gasteiger partial charge is 0.348 e. The van der Waals surface area contributed by atoms with Crippen molar-refractivity contribution >= 4 is 11.6 Å². The van der Waals surface area contributed by atoms with E-state index in [1.54, 1.807) is 0 Å². The lowest BCUT2D eigenvalue weighted by molar-refractivity contribution is -0.243. The van der Waals surface area contributed by atoms with Gasteiger partial charge in [-0.3, -0.25) is 0 Å². The van der Waals surface area contributed by atoms with Gasteiger partial charge in [-0.2, -0.15) is 0 Å². The highest BCUT2D eigenvalue weighted by molar-refractivity contribution is 6.31. The highest BCUT2D eigenvalue weighted by atomic mass is 35.5. The maximum Gasteiger partial charge on any atom is 0.185 e. The molecule has 1 fully saturated rings. The predicted molar refractivity (Wildman–Crippen MR) is 93.3 cm³/mol. The van der Waals surface area contributed by atoms with Crippen molar-refractivity contribution in [3.8, 4) is 0 Å². The van der Waals surface area contributed by atoms with E-state index in [-0.39, 0.29) is 6.10 Å². The quantitative estimate of drug-likeness (QED) is 0.669. The summed E-state index contributed by atoms with van der Waals surface area (Å²) in [5.74, 6) is 0.298. The minimum Gasteiger partial charge on any atom is -0.348 e. The highest BCUT2D eigenvalue weighted by Gasteiger charge is 2.33. The first-order chi connectivity index (χ1) is 11.3. The Morgan fingerprint density at radius 2 is 1.83 bits per heavy atom. The van der Waals surface area contributed by atoms with Crippen LogP contribution in [0.1, 0.15) is 36.9 Å². The predicted octanol–water partition coefficient (Wildman–Crippen LogP) is 5.71. The Balaban J connectivity index is 1.85. The average molecular weight is 329 g/mol. The number of hydrogen-bond donors (Lipinski definition) is 0. The van der Waals surface area contributed by atoms with E-state index in [4.69, 9.17) is 21.1 Å². The molecule has 0 aromatic heterocycles. The Hall–Kier alpha value is -1.61. The van der Waals surface area contributed by atoms with Crippen LogP contribution in [-0.4, -0.2) is 6.61 Å². The molecule has 23 heavy (non-hydrogen) atoms. The number of hydrogen-bond acceptors (Lipinski definition) is 2. The van der Waals surface area contributed by atoms with Gasteiger partial charge in [-0.25, -0.2) is 0 Å². The molecule has 1 aliphatic rings. The second kappa shape index (κ2) is 7.78. The van der Waals surface area contributed by atoms with Crippen LogP contribution in [0.25, 0.3) is 0 Å². The molecular weight excluding hydrogens is 308 g/mol. The fourth-order valence-electron chi connectivity index (χ4n) is 2.91. The summed E-state index contributed by atoms with van der Waals surface area (Å²) in [4.78, 5) is 0. The van der Waals surface area contributed by atoms with Crippen molar-refractivity contribution in [2.45, 2.75) is 25.7 Å². The summed E-state index contributed by atoms with van der Waals surface area (Å²) < 4.78 is 12.3. The van der Waals surface area contributed by atoms with Crippen LogP contribution in [0.15, 0.2) is 66.7 Å². The molecule has 0 bridgehead atoms. The molecule has 0 spiro atoms. The van der Waals surface area contributed by atoms with Crippen molar-refractivity contribution in [2.24, 2.45) is 5.92 Å². The van der Waals surface area contributed by atoms with E-state index >= 15 is 0 Å². The molecule has 3 heteroatoms. The second-order valence-electron chi connectivity index (χ2n) is 5.72. The van der Waals surface area contributed by atoms with Gasteiger partial charge in [0.05, 0.1) is 12.7 Å². The van der Waals surface area contributed by atoms with Crippen LogP contribution in [0, 0.1) is 5.92 Å². The van der Waals surface area contributed by atoms with Crippen molar-refractivity contribution in [1.82, 2.24) is 0 Å². The van der Waals surface area contributed by atoms with Crippen LogP contribution in [0.2, 0.25) is 5.02 Å². The third-order valence-corrected chi connectivity index (χ3v) is 4.47. The molecule has 0 amide bonds. The monoisotopic (exact) mass is 328 g/mol. The third-order valence-electron chi connectivity index (χ3n) is 4.12. The van der Waals surface area contributed by atoms with Gasteiger partial charge in [0, 0.05) is 16.5 Å². The Morgan fingerprint density at radius 3 is 2.57 bits per heavy atom. The van der Waals surface area contributed by atoms with E-state index in [1.165, 1.54) is 5.56 Å². The first kappa shape index (κ1) is 16.3. The smallest absolute Gasteiger partial charge is 0.185 e. The zero-order valence-electron chi connectivity index (χ0n) is 13.2. The van der Waals surface area contributed by atoms with Gasteiger partial charge in [0.25, 0.3) is 0 Å². The lowest BCUT2D eigenvalue weighted by atomic mass is 9.92. The van der Waals surface area contributed by atoms with Crippen molar-refractivity contribution in [1.29, 1.82) is 0 Å². The molecule has 0 aliphatic carbocycles. The first-order valence-electron chi connectivity index (χ1n) is 7.97. The van der Waals surface area contributed by atoms with Crippen LogP contribution < -0.4 is 0 Å². The van der Waals surface area contributed by atoms with Gasteiger partial charge in [-0.05, 0) is 25.0 Å². The molecule has 0 N–H and O–H groups in total. The van der Waals surface area contributed by atoms with Gasteiger partial charge in [0.15, 0.2) is 6.29 Å². The molecular formula is C20H21ClO2. The van der Waals surface area contributed by atoms with Crippen molar-refractivity contribution in [3.63, 3.8) is 0 Å². The van der Waals surface area contributed by atoms with E-state index in [0.29, 0.717) is 17.5 Å². The van der Waals surface area contributed by atoms with E-state index in [1.807, 2.05) is 49.4 Å². The minimum absolute atomic E-state index is 0.00224. The molecule has 2 aromatic carbocycles. The first-order valence-corrected chi connectivity index (χ1v) is 8.35. The maximum atomic E-state index is 6.31.